The lowest BCUT2D eigenvalue weighted by molar-refractivity contribution is -0.115. The first-order chi connectivity index (χ1) is 13.7. The molecule has 0 radical (unpaired) electrons. The molecule has 2 aliphatic rings. The molecule has 0 spiro atoms. The van der Waals surface area contributed by atoms with Gasteiger partial charge < -0.3 is 20.3 Å². The van der Waals surface area contributed by atoms with E-state index in [1.54, 1.807) is 19.1 Å². The van der Waals surface area contributed by atoms with Crippen molar-refractivity contribution in [3.05, 3.63) is 29.3 Å². The predicted molar refractivity (Wildman–Crippen MR) is 102 cm³/mol. The van der Waals surface area contributed by atoms with Crippen molar-refractivity contribution in [2.24, 2.45) is 0 Å². The van der Waals surface area contributed by atoms with E-state index in [0.29, 0.717) is 24.4 Å². The van der Waals surface area contributed by atoms with Crippen molar-refractivity contribution in [1.82, 2.24) is 20.7 Å². The first-order valence-electron chi connectivity index (χ1n) is 9.65. The number of rotatable bonds is 5. The van der Waals surface area contributed by atoms with Crippen LogP contribution in [-0.2, 0) is 11.2 Å². The third kappa shape index (κ3) is 6.30. The topological polar surface area (TPSA) is 133 Å². The van der Waals surface area contributed by atoms with Crippen LogP contribution in [0.15, 0.2) is 16.7 Å². The second-order valence-corrected chi connectivity index (χ2v) is 7.97. The molecule has 4 rings (SSSR count). The Morgan fingerprint density at radius 3 is 2.66 bits per heavy atom. The molecule has 0 saturated heterocycles. The van der Waals surface area contributed by atoms with Crippen LogP contribution in [0.4, 0.5) is 15.0 Å². The van der Waals surface area contributed by atoms with Gasteiger partial charge in [-0.05, 0) is 46.0 Å². The number of aryl methyl sites for hydroxylation is 1. The number of hydrogen-bond acceptors (Lipinski definition) is 5. The number of hydrogen-bond donors (Lipinski definition) is 4. The van der Waals surface area contributed by atoms with E-state index in [2.05, 4.69) is 26.0 Å². The standard InChI is InChI=1S/C14H17FN4O2.C5H9NO2/c1-8-4-11(21-19-8)6-14(20)16-13-7-12(17-18-13)9-2-3-10(15)5-9;1-5(2-3-5)6-4(7)8/h4,7,9-10H,2-3,5-6H2,1H3,(H2,16,17,18,20);6H,2-3H2,1H3,(H,7,8)/t9-,10?;/m1./s1. The van der Waals surface area contributed by atoms with Crippen LogP contribution in [0, 0.1) is 6.92 Å². The van der Waals surface area contributed by atoms with Gasteiger partial charge in [-0.2, -0.15) is 5.10 Å². The van der Waals surface area contributed by atoms with Crippen LogP contribution in [0.2, 0.25) is 0 Å². The van der Waals surface area contributed by atoms with E-state index in [1.807, 2.05) is 6.92 Å². The minimum atomic E-state index is -0.912. The summed E-state index contributed by atoms with van der Waals surface area (Å²) in [5.41, 5.74) is 1.54. The number of anilines is 1. The number of carbonyl (C=O) groups excluding carboxylic acids is 1. The Morgan fingerprint density at radius 1 is 1.38 bits per heavy atom. The highest BCUT2D eigenvalue weighted by atomic mass is 19.1. The summed E-state index contributed by atoms with van der Waals surface area (Å²) in [7, 11) is 0. The van der Waals surface area contributed by atoms with Gasteiger partial charge in [-0.25, -0.2) is 9.18 Å². The highest BCUT2D eigenvalue weighted by Gasteiger charge is 2.38. The van der Waals surface area contributed by atoms with E-state index in [9.17, 15) is 14.0 Å². The van der Waals surface area contributed by atoms with Gasteiger partial charge in [0, 0.05) is 29.3 Å². The van der Waals surface area contributed by atoms with Crippen LogP contribution >= 0.6 is 0 Å². The molecule has 0 aromatic carbocycles. The van der Waals surface area contributed by atoms with E-state index in [-0.39, 0.29) is 23.8 Å². The fraction of sp³-hybridized carbons (Fsp3) is 0.579. The molecule has 2 aromatic rings. The third-order valence-corrected chi connectivity index (χ3v) is 5.09. The van der Waals surface area contributed by atoms with Crippen LogP contribution in [0.3, 0.4) is 0 Å². The van der Waals surface area contributed by atoms with Gasteiger partial charge in [0.25, 0.3) is 0 Å². The number of nitrogens with zero attached hydrogens (tertiary/aromatic N) is 2. The Morgan fingerprint density at radius 2 is 2.14 bits per heavy atom. The monoisotopic (exact) mass is 407 g/mol. The van der Waals surface area contributed by atoms with Gasteiger partial charge in [0.2, 0.25) is 5.91 Å². The van der Waals surface area contributed by atoms with Gasteiger partial charge in [-0.15, -0.1) is 0 Å². The number of aromatic nitrogens is 3. The number of alkyl halides is 1. The summed E-state index contributed by atoms with van der Waals surface area (Å²) in [5, 5.41) is 23.9. The zero-order chi connectivity index (χ0) is 21.0. The Kier molecular flexibility index (Phi) is 6.19. The molecule has 158 valence electrons. The minimum Gasteiger partial charge on any atom is -0.465 e. The van der Waals surface area contributed by atoms with E-state index in [4.69, 9.17) is 9.63 Å². The Labute approximate surface area is 167 Å². The van der Waals surface area contributed by atoms with Crippen molar-refractivity contribution in [3.8, 4) is 0 Å². The predicted octanol–water partition coefficient (Wildman–Crippen LogP) is 3.30. The van der Waals surface area contributed by atoms with Crippen LogP contribution in [-0.4, -0.2) is 44.2 Å². The second-order valence-electron chi connectivity index (χ2n) is 7.97. The van der Waals surface area contributed by atoms with Gasteiger partial charge in [0.05, 0.1) is 12.1 Å². The molecule has 2 aliphatic carbocycles. The van der Waals surface area contributed by atoms with Crippen molar-refractivity contribution < 1.29 is 23.6 Å². The maximum absolute atomic E-state index is 13.2. The maximum Gasteiger partial charge on any atom is 0.405 e. The minimum absolute atomic E-state index is 0.0775. The molecule has 2 saturated carbocycles. The Bertz CT molecular complexity index is 860. The van der Waals surface area contributed by atoms with E-state index in [0.717, 1.165) is 30.7 Å². The second kappa shape index (κ2) is 8.62. The van der Waals surface area contributed by atoms with Gasteiger partial charge in [0.1, 0.15) is 11.9 Å². The molecule has 10 heteroatoms. The van der Waals surface area contributed by atoms with Crippen molar-refractivity contribution in [2.45, 2.75) is 70.0 Å². The zero-order valence-corrected chi connectivity index (χ0v) is 16.5. The highest BCUT2D eigenvalue weighted by Crippen LogP contribution is 2.35. The average molecular weight is 407 g/mol. The average Bonchev–Trinajstić information content (AvgIpc) is 3.03. The molecule has 0 aliphatic heterocycles. The maximum atomic E-state index is 13.2. The van der Waals surface area contributed by atoms with E-state index in [1.165, 1.54) is 0 Å². The van der Waals surface area contributed by atoms with E-state index >= 15 is 0 Å². The van der Waals surface area contributed by atoms with Crippen molar-refractivity contribution in [2.75, 3.05) is 5.32 Å². The highest BCUT2D eigenvalue weighted by molar-refractivity contribution is 5.91. The lowest BCUT2D eigenvalue weighted by Crippen LogP contribution is -2.32. The summed E-state index contributed by atoms with van der Waals surface area (Å²) < 4.78 is 18.2. The van der Waals surface area contributed by atoms with Gasteiger partial charge in [0.15, 0.2) is 5.82 Å². The molecule has 29 heavy (non-hydrogen) atoms. The largest absolute Gasteiger partial charge is 0.465 e. The number of carbonyl (C=O) groups is 2. The number of H-pyrrole nitrogens is 1. The zero-order valence-electron chi connectivity index (χ0n) is 16.5. The molecular formula is C19H26FN5O4. The lowest BCUT2D eigenvalue weighted by atomic mass is 10.0. The molecule has 2 amide bonds. The fourth-order valence-corrected chi connectivity index (χ4v) is 3.23. The van der Waals surface area contributed by atoms with Crippen LogP contribution in [0.25, 0.3) is 0 Å². The molecule has 0 bridgehead atoms. The Hall–Kier alpha value is -2.91. The van der Waals surface area contributed by atoms with Crippen molar-refractivity contribution in [1.29, 1.82) is 0 Å². The van der Waals surface area contributed by atoms with Gasteiger partial charge in [-0.3, -0.25) is 9.89 Å². The molecule has 2 atom stereocenters. The lowest BCUT2D eigenvalue weighted by Gasteiger charge is -2.04. The van der Waals surface area contributed by atoms with Crippen LogP contribution in [0.1, 0.15) is 62.1 Å². The normalized spacial score (nSPS) is 21.8. The molecular weight excluding hydrogens is 381 g/mol. The third-order valence-electron chi connectivity index (χ3n) is 5.09. The van der Waals surface area contributed by atoms with Crippen LogP contribution < -0.4 is 10.6 Å². The quantitative estimate of drug-likeness (QED) is 0.601. The number of carboxylic acid groups (broad SMARTS) is 1. The number of amides is 2. The molecule has 9 nitrogen and oxygen atoms in total. The summed E-state index contributed by atoms with van der Waals surface area (Å²) in [5.74, 6) is 0.902. The number of nitrogens with one attached hydrogen (secondary N) is 3. The first kappa shape index (κ1) is 20.8. The summed E-state index contributed by atoms with van der Waals surface area (Å²) in [6, 6.07) is 3.49. The number of halogens is 1. The first-order valence-corrected chi connectivity index (χ1v) is 9.65. The number of aromatic amines is 1. The molecule has 2 heterocycles. The SMILES string of the molecule is CC1(NC(=O)O)CC1.Cc1cc(CC(=O)Nc2cc([C@@H]3CCC(F)C3)[nH]n2)on1. The molecule has 2 fully saturated rings. The van der Waals surface area contributed by atoms with Gasteiger partial charge in [-0.1, -0.05) is 5.16 Å². The summed E-state index contributed by atoms with van der Waals surface area (Å²) in [4.78, 5) is 21.8. The molecule has 1 unspecified atom stereocenters. The molecule has 4 N–H and O–H groups in total. The molecule has 2 aromatic heterocycles. The van der Waals surface area contributed by atoms with Crippen molar-refractivity contribution in [3.63, 3.8) is 0 Å². The Balaban J connectivity index is 0.000000252. The summed E-state index contributed by atoms with van der Waals surface area (Å²) in [6.07, 6.45) is 2.37. The van der Waals surface area contributed by atoms with E-state index < -0.39 is 12.3 Å². The summed E-state index contributed by atoms with van der Waals surface area (Å²) >= 11 is 0. The van der Waals surface area contributed by atoms with Crippen molar-refractivity contribution >= 4 is 17.8 Å². The van der Waals surface area contributed by atoms with Crippen LogP contribution in [0.5, 0.6) is 0 Å². The fourth-order valence-electron chi connectivity index (χ4n) is 3.23. The van der Waals surface area contributed by atoms with Gasteiger partial charge >= 0.3 is 6.09 Å². The summed E-state index contributed by atoms with van der Waals surface area (Å²) in [6.45, 7) is 3.70. The smallest absolute Gasteiger partial charge is 0.405 e.